The summed E-state index contributed by atoms with van der Waals surface area (Å²) >= 11 is 5.86. The minimum absolute atomic E-state index is 0.272. The first kappa shape index (κ1) is 43.2. The summed E-state index contributed by atoms with van der Waals surface area (Å²) < 4.78 is 13.8. The summed E-state index contributed by atoms with van der Waals surface area (Å²) in [7, 11) is 3.75. The fourth-order valence-corrected chi connectivity index (χ4v) is 4.97. The third kappa shape index (κ3) is 15.9. The van der Waals surface area contributed by atoms with Gasteiger partial charge in [-0.25, -0.2) is 4.39 Å². The number of aromatic nitrogens is 1. The van der Waals surface area contributed by atoms with E-state index < -0.39 is 0 Å². The predicted octanol–water partition coefficient (Wildman–Crippen LogP) is 11.4. The van der Waals surface area contributed by atoms with Crippen LogP contribution in [0, 0.1) is 33.5 Å². The molecule has 0 bridgehead atoms. The number of rotatable bonds is 12. The van der Waals surface area contributed by atoms with Crippen molar-refractivity contribution in [2.75, 3.05) is 39.0 Å². The van der Waals surface area contributed by atoms with Gasteiger partial charge in [0.25, 0.3) is 0 Å². The molecule has 1 heterocycles. The fraction of sp³-hybridized carbons (Fsp3) is 0.381. The van der Waals surface area contributed by atoms with Crippen LogP contribution in [0.15, 0.2) is 90.3 Å². The van der Waals surface area contributed by atoms with E-state index in [0.29, 0.717) is 27.4 Å². The molecule has 0 atom stereocenters. The number of hydrogen-bond acceptors (Lipinski definition) is 5. The van der Waals surface area contributed by atoms with Crippen molar-refractivity contribution in [2.24, 2.45) is 4.99 Å². The normalized spacial score (nSPS) is 10.7. The summed E-state index contributed by atoms with van der Waals surface area (Å²) in [5, 5.41) is 7.83. The van der Waals surface area contributed by atoms with Gasteiger partial charge in [0, 0.05) is 39.8 Å². The Balaban J connectivity index is 0.000000379. The van der Waals surface area contributed by atoms with Crippen LogP contribution in [0.5, 0.6) is 0 Å². The molecule has 1 aromatic heterocycles. The molecule has 0 spiro atoms. The van der Waals surface area contributed by atoms with Crippen LogP contribution in [-0.4, -0.2) is 50.3 Å². The molecule has 0 saturated carbocycles. The Morgan fingerprint density at radius 1 is 0.837 bits per heavy atom. The molecule has 0 radical (unpaired) electrons. The lowest BCUT2D eigenvalue weighted by Crippen LogP contribution is -2.26. The van der Waals surface area contributed by atoms with E-state index in [1.807, 2.05) is 38.5 Å². The number of pyridine rings is 1. The fourth-order valence-electron chi connectivity index (χ4n) is 4.85. The van der Waals surface area contributed by atoms with E-state index in [0.717, 1.165) is 11.2 Å². The van der Waals surface area contributed by atoms with E-state index in [9.17, 15) is 4.39 Å². The van der Waals surface area contributed by atoms with Crippen molar-refractivity contribution >= 4 is 40.5 Å². The number of aliphatic imine (C=N–C) groups is 1. The second kappa shape index (κ2) is 24.3. The molecule has 0 aliphatic carbocycles. The summed E-state index contributed by atoms with van der Waals surface area (Å²) in [5.74, 6) is -0.272. The molecule has 0 aliphatic heterocycles. The number of allylic oxidation sites excluding steroid dienone is 1. The van der Waals surface area contributed by atoms with Crippen molar-refractivity contribution < 1.29 is 4.39 Å². The average Bonchev–Trinajstić information content (AvgIpc) is 3.07. The molecular weight excluding hydrogens is 629 g/mol. The number of hydrogen-bond donors (Lipinski definition) is 2. The number of unbranched alkanes of at least 4 members (excludes halogenated alkanes) is 1. The SMILES string of the molecule is C=N/C=C(\C(=C)Nc1ccc(Cl)cc1)c1ccc(C)c(F)c1.CCCCN(CCC)CCC.CNC.Cc1cc2nccc(C)c2cc1C. The van der Waals surface area contributed by atoms with Gasteiger partial charge in [-0.15, -0.1) is 0 Å². The first-order chi connectivity index (χ1) is 23.4. The maximum absolute atomic E-state index is 13.8. The summed E-state index contributed by atoms with van der Waals surface area (Å²) in [6.45, 7) is 26.2. The van der Waals surface area contributed by atoms with Gasteiger partial charge in [0.1, 0.15) is 5.82 Å². The van der Waals surface area contributed by atoms with E-state index in [1.165, 1.54) is 73.5 Å². The third-order valence-corrected chi connectivity index (χ3v) is 7.90. The zero-order valence-electron chi connectivity index (χ0n) is 31.4. The molecule has 0 aliphatic rings. The van der Waals surface area contributed by atoms with E-state index in [4.69, 9.17) is 11.6 Å². The molecule has 0 fully saturated rings. The Labute approximate surface area is 301 Å². The van der Waals surface area contributed by atoms with Crippen LogP contribution in [0.4, 0.5) is 10.1 Å². The summed E-state index contributed by atoms with van der Waals surface area (Å²) in [6.07, 6.45) is 8.69. The van der Waals surface area contributed by atoms with Gasteiger partial charge in [-0.1, -0.05) is 57.5 Å². The summed E-state index contributed by atoms with van der Waals surface area (Å²) in [6, 6.07) is 18.6. The monoisotopic (exact) mass is 687 g/mol. The summed E-state index contributed by atoms with van der Waals surface area (Å²) in [4.78, 5) is 10.7. The second-order valence-corrected chi connectivity index (χ2v) is 12.5. The van der Waals surface area contributed by atoms with Crippen molar-refractivity contribution in [3.05, 3.63) is 124 Å². The lowest BCUT2D eigenvalue weighted by Gasteiger charge is -2.20. The minimum Gasteiger partial charge on any atom is -0.355 e. The second-order valence-electron chi connectivity index (χ2n) is 12.1. The number of nitrogens with one attached hydrogen (secondary N) is 2. The van der Waals surface area contributed by atoms with Crippen LogP contribution >= 0.6 is 11.6 Å². The number of fused-ring (bicyclic) bond motifs is 1. The molecule has 0 amide bonds. The zero-order chi connectivity index (χ0) is 36.8. The van der Waals surface area contributed by atoms with Crippen molar-refractivity contribution in [1.82, 2.24) is 15.2 Å². The van der Waals surface area contributed by atoms with Gasteiger partial charge in [0.2, 0.25) is 0 Å². The van der Waals surface area contributed by atoms with Gasteiger partial charge in [-0.05, 0) is 164 Å². The highest BCUT2D eigenvalue weighted by molar-refractivity contribution is 6.30. The molecular formula is C42H59ClFN5. The van der Waals surface area contributed by atoms with E-state index in [2.05, 4.69) is 98.5 Å². The number of aryl methyl sites for hydroxylation is 4. The molecule has 49 heavy (non-hydrogen) atoms. The zero-order valence-corrected chi connectivity index (χ0v) is 32.1. The highest BCUT2D eigenvalue weighted by Crippen LogP contribution is 2.26. The van der Waals surface area contributed by atoms with E-state index in [1.54, 1.807) is 31.3 Å². The average molecular weight is 688 g/mol. The van der Waals surface area contributed by atoms with Gasteiger partial charge in [-0.3, -0.25) is 9.98 Å². The van der Waals surface area contributed by atoms with Crippen molar-refractivity contribution in [3.63, 3.8) is 0 Å². The third-order valence-electron chi connectivity index (χ3n) is 7.65. The molecule has 4 aromatic rings. The smallest absolute Gasteiger partial charge is 0.126 e. The number of nitrogens with zero attached hydrogens (tertiary/aromatic N) is 3. The maximum Gasteiger partial charge on any atom is 0.126 e. The van der Waals surface area contributed by atoms with Crippen LogP contribution in [-0.2, 0) is 0 Å². The molecule has 5 nitrogen and oxygen atoms in total. The summed E-state index contributed by atoms with van der Waals surface area (Å²) in [5.41, 5.74) is 8.41. The lowest BCUT2D eigenvalue weighted by atomic mass is 10.0. The number of benzene rings is 3. The van der Waals surface area contributed by atoms with E-state index in [-0.39, 0.29) is 5.82 Å². The quantitative estimate of drug-likeness (QED) is 0.115. The Bertz CT molecular complexity index is 1590. The molecule has 4 rings (SSSR count). The van der Waals surface area contributed by atoms with Crippen LogP contribution in [0.2, 0.25) is 5.02 Å². The van der Waals surface area contributed by atoms with Gasteiger partial charge >= 0.3 is 0 Å². The number of anilines is 1. The Hall–Kier alpha value is -3.84. The molecule has 7 heteroatoms. The van der Waals surface area contributed by atoms with Crippen molar-refractivity contribution in [3.8, 4) is 0 Å². The first-order valence-electron chi connectivity index (χ1n) is 17.2. The standard InChI is InChI=1S/C18H16ClFN2.C12H13N.C10H23N.C2H7N/c1-12-4-5-14(10-18(12)20)17(11-21-3)13(2)22-16-8-6-15(19)7-9-16;1-8-4-5-13-12-7-10(3)9(2)6-11(8)12;1-4-7-10-11(8-5-2)9-6-3;1-3-2/h4-11,22H,2-3H2,1H3;4-7H,1-3H3;4-10H2,1-3H3;3H,1-2H3/b17-11+;;;. The molecule has 3 aromatic carbocycles. The largest absolute Gasteiger partial charge is 0.355 e. The Morgan fingerprint density at radius 2 is 1.45 bits per heavy atom. The molecule has 0 unspecified atom stereocenters. The Morgan fingerprint density at radius 3 is 2.00 bits per heavy atom. The molecule has 0 saturated heterocycles. The minimum atomic E-state index is -0.272. The number of halogens is 2. The van der Waals surface area contributed by atoms with Crippen LogP contribution < -0.4 is 10.6 Å². The van der Waals surface area contributed by atoms with Crippen molar-refractivity contribution in [1.29, 1.82) is 0 Å². The molecule has 266 valence electrons. The molecule has 2 N–H and O–H groups in total. The van der Waals surface area contributed by atoms with Crippen LogP contribution in [0.1, 0.15) is 74.3 Å². The van der Waals surface area contributed by atoms with Gasteiger partial charge in [-0.2, -0.15) is 0 Å². The highest BCUT2D eigenvalue weighted by Gasteiger charge is 2.09. The van der Waals surface area contributed by atoms with Gasteiger partial charge in [0.15, 0.2) is 0 Å². The van der Waals surface area contributed by atoms with Gasteiger partial charge < -0.3 is 15.5 Å². The maximum atomic E-state index is 13.8. The van der Waals surface area contributed by atoms with E-state index >= 15 is 0 Å². The van der Waals surface area contributed by atoms with Gasteiger partial charge in [0.05, 0.1) is 5.52 Å². The van der Waals surface area contributed by atoms with Crippen LogP contribution in [0.25, 0.3) is 16.5 Å². The topological polar surface area (TPSA) is 52.6 Å². The Kier molecular flexibility index (Phi) is 21.4. The first-order valence-corrected chi connectivity index (χ1v) is 17.6. The van der Waals surface area contributed by atoms with Crippen LogP contribution in [0.3, 0.4) is 0 Å². The van der Waals surface area contributed by atoms with Crippen molar-refractivity contribution in [2.45, 2.75) is 74.1 Å². The predicted molar refractivity (Wildman–Crippen MR) is 216 cm³/mol. The lowest BCUT2D eigenvalue weighted by molar-refractivity contribution is 0.270. The highest BCUT2D eigenvalue weighted by atomic mass is 35.5.